The summed E-state index contributed by atoms with van der Waals surface area (Å²) in [5, 5.41) is 2.27. The minimum atomic E-state index is -4.72. The highest BCUT2D eigenvalue weighted by Crippen LogP contribution is 2.35. The van der Waals surface area contributed by atoms with Crippen LogP contribution in [-0.4, -0.2) is 7.11 Å². The Balaban J connectivity index is 2.10. The van der Waals surface area contributed by atoms with Gasteiger partial charge < -0.3 is 14.5 Å². The van der Waals surface area contributed by atoms with E-state index in [-0.39, 0.29) is 28.1 Å². The molecule has 1 heterocycles. The van der Waals surface area contributed by atoms with Crippen molar-refractivity contribution in [1.82, 2.24) is 0 Å². The molecule has 9 heteroatoms. The van der Waals surface area contributed by atoms with E-state index in [4.69, 9.17) is 9.15 Å². The molecular weight excluding hydrogens is 331 g/mol. The van der Waals surface area contributed by atoms with Crippen LogP contribution in [0.15, 0.2) is 43.1 Å². The predicted molar refractivity (Wildman–Crippen MR) is 78.7 cm³/mol. The minimum Gasteiger partial charge on any atom is -0.491 e. The van der Waals surface area contributed by atoms with E-state index in [1.807, 2.05) is 0 Å². The molecule has 0 saturated carbocycles. The van der Waals surface area contributed by atoms with Gasteiger partial charge in [-0.2, -0.15) is 13.2 Å². The smallest absolute Gasteiger partial charge is 0.417 e. The van der Waals surface area contributed by atoms with E-state index in [9.17, 15) is 27.6 Å². The molecule has 0 aliphatic heterocycles. The first-order chi connectivity index (χ1) is 11.2. The Morgan fingerprint density at radius 1 is 1.08 bits per heavy atom. The Morgan fingerprint density at radius 3 is 2.42 bits per heavy atom. The quantitative estimate of drug-likeness (QED) is 0.581. The maximum atomic E-state index is 13.0. The molecule has 0 fully saturated rings. The van der Waals surface area contributed by atoms with Gasteiger partial charge in [0.1, 0.15) is 11.3 Å². The van der Waals surface area contributed by atoms with Gasteiger partial charge in [-0.25, -0.2) is 4.79 Å². The molecule has 0 aliphatic carbocycles. The maximum Gasteiger partial charge on any atom is 0.417 e. The molecule has 0 unspecified atom stereocenters. The third-order valence-corrected chi connectivity index (χ3v) is 3.39. The number of ether oxygens (including phenoxy) is 1. The molecular formula is C15H8F3NO5. The number of halogens is 3. The zero-order chi connectivity index (χ0) is 17.6. The van der Waals surface area contributed by atoms with Crippen molar-refractivity contribution in [2.45, 2.75) is 6.18 Å². The van der Waals surface area contributed by atoms with Gasteiger partial charge in [0.05, 0.1) is 12.7 Å². The maximum absolute atomic E-state index is 13.0. The van der Waals surface area contributed by atoms with Crippen molar-refractivity contribution in [3.05, 3.63) is 60.7 Å². The Bertz CT molecular complexity index is 1070. The van der Waals surface area contributed by atoms with E-state index in [1.54, 1.807) is 0 Å². The van der Waals surface area contributed by atoms with Crippen LogP contribution >= 0.6 is 0 Å². The second kappa shape index (κ2) is 5.22. The third kappa shape index (κ3) is 2.43. The first kappa shape index (κ1) is 15.8. The SMILES string of the molecule is COc1c(Nc2ccc3c(C(F)(F)F)cc(=O)oc3c2)c(=O)c1=O. The summed E-state index contributed by atoms with van der Waals surface area (Å²) < 4.78 is 48.4. The summed E-state index contributed by atoms with van der Waals surface area (Å²) in [5.41, 5.74) is -4.14. The molecule has 0 atom stereocenters. The van der Waals surface area contributed by atoms with Crippen LogP contribution in [-0.2, 0) is 6.18 Å². The Labute approximate surface area is 130 Å². The number of rotatable bonds is 3. The lowest BCUT2D eigenvalue weighted by molar-refractivity contribution is -0.136. The van der Waals surface area contributed by atoms with Gasteiger partial charge in [0.25, 0.3) is 10.9 Å². The van der Waals surface area contributed by atoms with E-state index in [2.05, 4.69) is 5.32 Å². The number of alkyl halides is 3. The summed E-state index contributed by atoms with van der Waals surface area (Å²) >= 11 is 0. The van der Waals surface area contributed by atoms with Gasteiger partial charge in [-0.3, -0.25) is 9.59 Å². The Morgan fingerprint density at radius 2 is 1.79 bits per heavy atom. The third-order valence-electron chi connectivity index (χ3n) is 3.39. The van der Waals surface area contributed by atoms with Crippen LogP contribution in [0.25, 0.3) is 11.0 Å². The average molecular weight is 339 g/mol. The number of benzene rings is 1. The van der Waals surface area contributed by atoms with Gasteiger partial charge in [0.15, 0.2) is 5.75 Å². The molecule has 6 nitrogen and oxygen atoms in total. The molecule has 0 spiro atoms. The van der Waals surface area contributed by atoms with Crippen LogP contribution in [0, 0.1) is 0 Å². The monoisotopic (exact) mass is 339 g/mol. The summed E-state index contributed by atoms with van der Waals surface area (Å²) in [6.07, 6.45) is -4.72. The predicted octanol–water partition coefficient (Wildman–Crippen LogP) is 2.16. The van der Waals surface area contributed by atoms with Crippen LogP contribution in [0.1, 0.15) is 5.56 Å². The van der Waals surface area contributed by atoms with Crippen LogP contribution in [0.4, 0.5) is 24.5 Å². The molecule has 124 valence electrons. The molecule has 0 radical (unpaired) electrons. The lowest BCUT2D eigenvalue weighted by Crippen LogP contribution is -2.34. The molecule has 0 bridgehead atoms. The Kier molecular flexibility index (Phi) is 3.43. The van der Waals surface area contributed by atoms with Crippen LogP contribution < -0.4 is 26.5 Å². The fraction of sp³-hybridized carbons (Fsp3) is 0.133. The van der Waals surface area contributed by atoms with Crippen molar-refractivity contribution in [2.75, 3.05) is 12.4 Å². The van der Waals surface area contributed by atoms with Crippen molar-refractivity contribution >= 4 is 22.3 Å². The highest BCUT2D eigenvalue weighted by Gasteiger charge is 2.34. The van der Waals surface area contributed by atoms with Crippen LogP contribution in [0.5, 0.6) is 5.75 Å². The normalized spacial score (nSPS) is 11.8. The highest BCUT2D eigenvalue weighted by atomic mass is 19.4. The first-order valence-corrected chi connectivity index (χ1v) is 6.52. The van der Waals surface area contributed by atoms with Crippen molar-refractivity contribution in [3.63, 3.8) is 0 Å². The summed E-state index contributed by atoms with van der Waals surface area (Å²) in [6, 6.07) is 3.85. The topological polar surface area (TPSA) is 85.6 Å². The van der Waals surface area contributed by atoms with Gasteiger partial charge >= 0.3 is 11.8 Å². The van der Waals surface area contributed by atoms with Crippen LogP contribution in [0.2, 0.25) is 0 Å². The minimum absolute atomic E-state index is 0.115. The number of nitrogens with one attached hydrogen (secondary N) is 1. The molecule has 0 aliphatic rings. The molecule has 0 saturated heterocycles. The number of fused-ring (bicyclic) bond motifs is 1. The van der Waals surface area contributed by atoms with E-state index in [1.165, 1.54) is 13.2 Å². The molecule has 3 aromatic rings. The second-order valence-electron chi connectivity index (χ2n) is 4.88. The number of hydrogen-bond acceptors (Lipinski definition) is 6. The number of hydrogen-bond donors (Lipinski definition) is 1. The fourth-order valence-corrected chi connectivity index (χ4v) is 2.30. The summed E-state index contributed by atoms with van der Waals surface area (Å²) in [4.78, 5) is 34.0. The number of anilines is 2. The first-order valence-electron chi connectivity index (χ1n) is 6.52. The van der Waals surface area contributed by atoms with Crippen LogP contribution in [0.3, 0.4) is 0 Å². The summed E-state index contributed by atoms with van der Waals surface area (Å²) in [5.74, 6) is -0.175. The molecule has 0 amide bonds. The van der Waals surface area contributed by atoms with Crippen molar-refractivity contribution in [2.24, 2.45) is 0 Å². The zero-order valence-corrected chi connectivity index (χ0v) is 12.0. The fourth-order valence-electron chi connectivity index (χ4n) is 2.30. The Hall–Kier alpha value is -3.10. The van der Waals surface area contributed by atoms with Gasteiger partial charge in [0, 0.05) is 23.2 Å². The van der Waals surface area contributed by atoms with E-state index in [0.717, 1.165) is 12.1 Å². The number of methoxy groups -OCH3 is 1. The summed E-state index contributed by atoms with van der Waals surface area (Å²) in [7, 11) is 1.20. The standard InChI is InChI=1S/C15H8F3NO5/c1-23-14-11(12(21)13(14)22)19-6-2-3-7-8(15(16,17)18)5-10(20)24-9(7)4-6/h2-5,19H,1H3. The highest BCUT2D eigenvalue weighted by molar-refractivity contribution is 5.85. The molecule has 1 N–H and O–H groups in total. The van der Waals surface area contributed by atoms with Crippen molar-refractivity contribution in [3.8, 4) is 5.75 Å². The molecule has 1 aromatic heterocycles. The lowest BCUT2D eigenvalue weighted by atomic mass is 10.1. The lowest BCUT2D eigenvalue weighted by Gasteiger charge is -2.13. The van der Waals surface area contributed by atoms with E-state index >= 15 is 0 Å². The van der Waals surface area contributed by atoms with Gasteiger partial charge in [-0.15, -0.1) is 0 Å². The van der Waals surface area contributed by atoms with E-state index in [0.29, 0.717) is 6.07 Å². The summed E-state index contributed by atoms with van der Waals surface area (Å²) in [6.45, 7) is 0. The average Bonchev–Trinajstić information content (AvgIpc) is 2.52. The molecule has 3 rings (SSSR count). The van der Waals surface area contributed by atoms with E-state index < -0.39 is 28.2 Å². The second-order valence-corrected chi connectivity index (χ2v) is 4.88. The largest absolute Gasteiger partial charge is 0.491 e. The molecule has 2 aromatic carbocycles. The van der Waals surface area contributed by atoms with Gasteiger partial charge in [0.2, 0.25) is 0 Å². The zero-order valence-electron chi connectivity index (χ0n) is 12.0. The van der Waals surface area contributed by atoms with Crippen molar-refractivity contribution < 1.29 is 22.3 Å². The van der Waals surface area contributed by atoms with Gasteiger partial charge in [-0.1, -0.05) is 0 Å². The molecule has 24 heavy (non-hydrogen) atoms. The van der Waals surface area contributed by atoms with Crippen molar-refractivity contribution in [1.29, 1.82) is 0 Å². The van der Waals surface area contributed by atoms with Gasteiger partial charge in [-0.05, 0) is 12.1 Å².